The second kappa shape index (κ2) is 10.8. The van der Waals surface area contributed by atoms with E-state index in [0.29, 0.717) is 53.8 Å². The molecule has 4 N–H and O–H groups in total. The number of likely N-dealkylation sites (tertiary alicyclic amines) is 1. The molecule has 4 heterocycles. The summed E-state index contributed by atoms with van der Waals surface area (Å²) in [5.41, 5.74) is 2.85. The van der Waals surface area contributed by atoms with Crippen molar-refractivity contribution in [3.63, 3.8) is 0 Å². The van der Waals surface area contributed by atoms with Crippen molar-refractivity contribution in [3.05, 3.63) is 42.5 Å². The van der Waals surface area contributed by atoms with E-state index in [1.54, 1.807) is 43.3 Å². The van der Waals surface area contributed by atoms with Crippen molar-refractivity contribution in [1.82, 2.24) is 25.2 Å². The molecule has 1 saturated heterocycles. The Kier molecular flexibility index (Phi) is 7.67. The summed E-state index contributed by atoms with van der Waals surface area (Å²) in [6.07, 6.45) is 2.53. The van der Waals surface area contributed by atoms with Gasteiger partial charge in [0.15, 0.2) is 0 Å². The van der Waals surface area contributed by atoms with Crippen LogP contribution in [0.25, 0.3) is 22.2 Å². The van der Waals surface area contributed by atoms with Gasteiger partial charge in [-0.05, 0) is 30.9 Å². The number of rotatable bonds is 7. The van der Waals surface area contributed by atoms with Crippen LogP contribution >= 0.6 is 0 Å². The lowest BCUT2D eigenvalue weighted by atomic mass is 10.0. The van der Waals surface area contributed by atoms with Crippen molar-refractivity contribution in [2.24, 2.45) is 5.92 Å². The van der Waals surface area contributed by atoms with E-state index >= 15 is 0 Å². The maximum Gasteiger partial charge on any atom is 0.405 e. The maximum atomic E-state index is 13.0. The number of aromatic nitrogens is 3. The van der Waals surface area contributed by atoms with Crippen LogP contribution in [0.3, 0.4) is 0 Å². The summed E-state index contributed by atoms with van der Waals surface area (Å²) >= 11 is 0. The zero-order valence-corrected chi connectivity index (χ0v) is 20.5. The van der Waals surface area contributed by atoms with Crippen LogP contribution in [0.4, 0.5) is 18.9 Å². The lowest BCUT2D eigenvalue weighted by Gasteiger charge is -2.29. The first-order chi connectivity index (χ1) is 17.5. The Morgan fingerprint density at radius 2 is 1.92 bits per heavy atom. The van der Waals surface area contributed by atoms with Gasteiger partial charge >= 0.3 is 6.18 Å². The number of hydrogen-bond acceptors (Lipinski definition) is 6. The number of nitrogens with zero attached hydrogens (tertiary/aromatic N) is 3. The van der Waals surface area contributed by atoms with Crippen LogP contribution in [0, 0.1) is 5.92 Å². The van der Waals surface area contributed by atoms with Gasteiger partial charge in [0.1, 0.15) is 18.2 Å². The number of aliphatic hydroxyl groups is 1. The predicted octanol–water partition coefficient (Wildman–Crippen LogP) is 3.34. The molecule has 3 aromatic heterocycles. The molecule has 198 valence electrons. The van der Waals surface area contributed by atoms with E-state index in [0.717, 1.165) is 5.56 Å². The molecular formula is C25H29F3N6O3. The molecule has 0 aliphatic carbocycles. The minimum absolute atomic E-state index is 0.161. The number of piperidine rings is 1. The molecule has 1 aliphatic heterocycles. The van der Waals surface area contributed by atoms with E-state index in [1.165, 1.54) is 12.4 Å². The topological polar surface area (TPSA) is 123 Å². The molecule has 0 radical (unpaired) electrons. The van der Waals surface area contributed by atoms with Gasteiger partial charge in [-0.1, -0.05) is 13.8 Å². The highest BCUT2D eigenvalue weighted by Crippen LogP contribution is 2.30. The Bertz CT molecular complexity index is 1270. The van der Waals surface area contributed by atoms with Crippen molar-refractivity contribution in [1.29, 1.82) is 0 Å². The first-order valence-electron chi connectivity index (χ1n) is 12.0. The summed E-state index contributed by atoms with van der Waals surface area (Å²) in [6, 6.07) is 2.59. The molecule has 4 rings (SSSR count). The molecular weight excluding hydrogens is 489 g/mol. The number of H-pyrrole nitrogens is 1. The predicted molar refractivity (Wildman–Crippen MR) is 132 cm³/mol. The van der Waals surface area contributed by atoms with E-state index in [-0.39, 0.29) is 17.9 Å². The zero-order valence-electron chi connectivity index (χ0n) is 20.5. The maximum absolute atomic E-state index is 13.0. The summed E-state index contributed by atoms with van der Waals surface area (Å²) in [5.74, 6) is -1.22. The van der Waals surface area contributed by atoms with E-state index in [1.807, 2.05) is 5.32 Å². The van der Waals surface area contributed by atoms with Gasteiger partial charge in [-0.25, -0.2) is 4.98 Å². The Hall–Kier alpha value is -3.67. The fourth-order valence-electron chi connectivity index (χ4n) is 4.29. The molecule has 1 atom stereocenters. The number of anilines is 1. The van der Waals surface area contributed by atoms with Gasteiger partial charge in [-0.2, -0.15) is 13.2 Å². The number of alkyl halides is 3. The summed E-state index contributed by atoms with van der Waals surface area (Å²) in [6.45, 7) is 3.01. The zero-order chi connectivity index (χ0) is 26.7. The first kappa shape index (κ1) is 26.4. The number of amides is 2. The number of hydrogen-bond donors (Lipinski definition) is 4. The third-order valence-electron chi connectivity index (χ3n) is 6.31. The molecule has 0 saturated carbocycles. The van der Waals surface area contributed by atoms with Gasteiger partial charge in [0.25, 0.3) is 5.91 Å². The number of halogens is 3. The largest absolute Gasteiger partial charge is 0.405 e. The number of carbonyl (C=O) groups is 2. The molecule has 37 heavy (non-hydrogen) atoms. The molecule has 0 aromatic carbocycles. The molecule has 0 unspecified atom stereocenters. The lowest BCUT2D eigenvalue weighted by Crippen LogP contribution is -2.46. The third kappa shape index (κ3) is 6.37. The molecule has 3 aromatic rings. The number of carbonyl (C=O) groups excluding carboxylic acids is 2. The highest BCUT2D eigenvalue weighted by Gasteiger charge is 2.30. The van der Waals surface area contributed by atoms with Crippen molar-refractivity contribution in [2.45, 2.75) is 45.0 Å². The highest BCUT2D eigenvalue weighted by molar-refractivity contribution is 6.01. The van der Waals surface area contributed by atoms with Crippen LogP contribution in [-0.2, 0) is 4.79 Å². The molecule has 9 nitrogen and oxygen atoms in total. The van der Waals surface area contributed by atoms with Crippen LogP contribution < -0.4 is 10.6 Å². The summed E-state index contributed by atoms with van der Waals surface area (Å²) < 4.78 is 37.7. The van der Waals surface area contributed by atoms with Gasteiger partial charge in [-0.15, -0.1) is 0 Å². The molecule has 0 spiro atoms. The van der Waals surface area contributed by atoms with Gasteiger partial charge in [0.05, 0.1) is 17.4 Å². The SMILES string of the molecule is CC(C)[C@@H](Nc1cncc(-c2c[nH]c3ncc(C(=O)N4CCC(O)CC4)cc23)c1)C(=O)NCC(F)(F)F. The minimum Gasteiger partial charge on any atom is -0.393 e. The monoisotopic (exact) mass is 518 g/mol. The van der Waals surface area contributed by atoms with Crippen LogP contribution in [0.2, 0.25) is 0 Å². The van der Waals surface area contributed by atoms with Crippen molar-refractivity contribution in [3.8, 4) is 11.1 Å². The highest BCUT2D eigenvalue weighted by atomic mass is 19.4. The van der Waals surface area contributed by atoms with Crippen LogP contribution in [0.1, 0.15) is 37.0 Å². The normalized spacial score (nSPS) is 15.7. The summed E-state index contributed by atoms with van der Waals surface area (Å²) in [4.78, 5) is 38.8. The fourth-order valence-corrected chi connectivity index (χ4v) is 4.29. The van der Waals surface area contributed by atoms with E-state index < -0.39 is 24.7 Å². The summed E-state index contributed by atoms with van der Waals surface area (Å²) in [5, 5.41) is 15.3. The minimum atomic E-state index is -4.50. The number of nitrogens with one attached hydrogen (secondary N) is 3. The van der Waals surface area contributed by atoms with E-state index in [2.05, 4.69) is 20.3 Å². The Morgan fingerprint density at radius 1 is 1.19 bits per heavy atom. The van der Waals surface area contributed by atoms with Gasteiger partial charge in [0.2, 0.25) is 5.91 Å². The van der Waals surface area contributed by atoms with E-state index in [9.17, 15) is 27.9 Å². The van der Waals surface area contributed by atoms with Gasteiger partial charge in [-0.3, -0.25) is 14.6 Å². The number of aromatic amines is 1. The van der Waals surface area contributed by atoms with Gasteiger partial charge < -0.3 is 25.6 Å². The summed E-state index contributed by atoms with van der Waals surface area (Å²) in [7, 11) is 0. The average Bonchev–Trinajstić information content (AvgIpc) is 3.29. The molecule has 0 bridgehead atoms. The smallest absolute Gasteiger partial charge is 0.393 e. The van der Waals surface area contributed by atoms with Crippen LogP contribution in [-0.4, -0.2) is 74.7 Å². The third-order valence-corrected chi connectivity index (χ3v) is 6.31. The van der Waals surface area contributed by atoms with Crippen molar-refractivity contribution >= 4 is 28.5 Å². The van der Waals surface area contributed by atoms with Crippen molar-refractivity contribution in [2.75, 3.05) is 25.0 Å². The number of fused-ring (bicyclic) bond motifs is 1. The van der Waals surface area contributed by atoms with Gasteiger partial charge in [0, 0.05) is 54.4 Å². The number of aliphatic hydroxyl groups excluding tert-OH is 1. The second-order valence-electron chi connectivity index (χ2n) is 9.51. The molecule has 12 heteroatoms. The first-order valence-corrected chi connectivity index (χ1v) is 12.0. The Morgan fingerprint density at radius 3 is 2.59 bits per heavy atom. The quantitative estimate of drug-likeness (QED) is 0.381. The van der Waals surface area contributed by atoms with Crippen LogP contribution in [0.15, 0.2) is 36.9 Å². The molecule has 1 aliphatic rings. The lowest BCUT2D eigenvalue weighted by molar-refractivity contribution is -0.139. The van der Waals surface area contributed by atoms with Crippen LogP contribution in [0.5, 0.6) is 0 Å². The second-order valence-corrected chi connectivity index (χ2v) is 9.51. The van der Waals surface area contributed by atoms with E-state index in [4.69, 9.17) is 0 Å². The fraction of sp³-hybridized carbons (Fsp3) is 0.440. The molecule has 1 fully saturated rings. The number of pyridine rings is 2. The van der Waals surface area contributed by atoms with Crippen molar-refractivity contribution < 1.29 is 27.9 Å². The molecule has 2 amide bonds. The Labute approximate surface area is 211 Å². The Balaban J connectivity index is 1.56. The standard InChI is InChI=1S/C25H29F3N6O3/c1-14(2)21(23(36)32-13-25(26,27)28)33-17-7-15(9-29-11-17)20-12-31-22-19(20)8-16(10-30-22)24(37)34-5-3-18(35)4-6-34/h7-12,14,18,21,33,35H,3-6,13H2,1-2H3,(H,30,31)(H,32,36)/t21-/m1/s1. The average molecular weight is 519 g/mol.